The third kappa shape index (κ3) is 3.87. The fourth-order valence-electron chi connectivity index (χ4n) is 3.88. The van der Waals surface area contributed by atoms with E-state index in [2.05, 4.69) is 10.4 Å². The molecule has 1 aliphatic rings. The van der Waals surface area contributed by atoms with E-state index in [1.165, 1.54) is 4.68 Å². The van der Waals surface area contributed by atoms with Gasteiger partial charge < -0.3 is 10.1 Å². The van der Waals surface area contributed by atoms with Crippen LogP contribution in [0.3, 0.4) is 0 Å². The Morgan fingerprint density at radius 1 is 1.16 bits per heavy atom. The monoisotopic (exact) mass is 456 g/mol. The summed E-state index contributed by atoms with van der Waals surface area (Å²) in [6, 6.07) is 12.1. The lowest BCUT2D eigenvalue weighted by Gasteiger charge is -2.26. The molecule has 9 nitrogen and oxygen atoms in total. The summed E-state index contributed by atoms with van der Waals surface area (Å²) in [5.41, 5.74) is 0.996. The number of benzene rings is 2. The van der Waals surface area contributed by atoms with Crippen LogP contribution in [0, 0.1) is 10.1 Å². The molecule has 1 aliphatic heterocycles. The zero-order valence-electron chi connectivity index (χ0n) is 17.4. The fourth-order valence-corrected chi connectivity index (χ4v) is 4.07. The van der Waals surface area contributed by atoms with Gasteiger partial charge in [-0.05, 0) is 37.6 Å². The number of rotatable bonds is 6. The van der Waals surface area contributed by atoms with Gasteiger partial charge in [0.2, 0.25) is 0 Å². The van der Waals surface area contributed by atoms with Gasteiger partial charge in [0.15, 0.2) is 0 Å². The molecule has 0 bridgehead atoms. The normalized spacial score (nSPS) is 17.7. The minimum Gasteiger partial charge on any atom is -0.489 e. The summed E-state index contributed by atoms with van der Waals surface area (Å²) in [6.45, 7) is 3.92. The van der Waals surface area contributed by atoms with Crippen LogP contribution in [-0.4, -0.2) is 26.7 Å². The summed E-state index contributed by atoms with van der Waals surface area (Å²) in [4.78, 5) is 36.4. The zero-order valence-corrected chi connectivity index (χ0v) is 18.1. The molecule has 0 radical (unpaired) electrons. The zero-order chi connectivity index (χ0) is 23.0. The summed E-state index contributed by atoms with van der Waals surface area (Å²) >= 11 is 6.15. The Hall–Kier alpha value is -3.59. The van der Waals surface area contributed by atoms with Crippen LogP contribution in [0.4, 0.5) is 5.82 Å². The predicted molar refractivity (Wildman–Crippen MR) is 119 cm³/mol. The first-order valence-corrected chi connectivity index (χ1v) is 10.4. The number of nitro groups is 1. The number of ether oxygens (including phenoxy) is 1. The molecule has 0 saturated heterocycles. The molecule has 2 N–H and O–H groups in total. The van der Waals surface area contributed by atoms with Crippen molar-refractivity contribution in [1.82, 2.24) is 9.78 Å². The van der Waals surface area contributed by atoms with Gasteiger partial charge in [0, 0.05) is 21.6 Å². The third-order valence-electron chi connectivity index (χ3n) is 5.43. The molecular weight excluding hydrogens is 436 g/mol. The van der Waals surface area contributed by atoms with E-state index in [4.69, 9.17) is 16.3 Å². The molecule has 2 aromatic carbocycles. The number of halogens is 1. The van der Waals surface area contributed by atoms with Crippen LogP contribution in [0.25, 0.3) is 0 Å². The largest absolute Gasteiger partial charge is 0.489 e. The molecule has 166 valence electrons. The second kappa shape index (κ2) is 8.51. The highest BCUT2D eigenvalue weighted by molar-refractivity contribution is 6.31. The molecule has 0 fully saturated rings. The van der Waals surface area contributed by atoms with Crippen LogP contribution in [-0.2, 0) is 11.4 Å². The number of hydrogen-bond donors (Lipinski definition) is 2. The average Bonchev–Trinajstić information content (AvgIpc) is 3.08. The molecule has 0 saturated carbocycles. The fraction of sp³-hybridized carbons (Fsp3) is 0.273. The SMILES string of the molecule is CC(C)n1[nH]c(=O)c2c1NC(=O)[C@@H]([N+](=O)[O-])[C@H]2c1ccc(OCc2ccccc2Cl)cc1. The number of hydrogen-bond acceptors (Lipinski definition) is 5. The van der Waals surface area contributed by atoms with Gasteiger partial charge in [-0.15, -0.1) is 0 Å². The maximum absolute atomic E-state index is 12.7. The number of carbonyl (C=O) groups excluding carboxylic acids is 1. The molecule has 3 aromatic rings. The van der Waals surface area contributed by atoms with Crippen molar-refractivity contribution in [2.24, 2.45) is 0 Å². The van der Waals surface area contributed by atoms with Crippen molar-refractivity contribution in [3.8, 4) is 5.75 Å². The highest BCUT2D eigenvalue weighted by Gasteiger charge is 2.48. The summed E-state index contributed by atoms with van der Waals surface area (Å²) in [5, 5.41) is 17.6. The van der Waals surface area contributed by atoms with E-state index in [0.717, 1.165) is 5.56 Å². The lowest BCUT2D eigenvalue weighted by molar-refractivity contribution is -0.509. The van der Waals surface area contributed by atoms with Crippen molar-refractivity contribution in [2.45, 2.75) is 38.5 Å². The van der Waals surface area contributed by atoms with Gasteiger partial charge in [-0.1, -0.05) is 41.9 Å². The minimum absolute atomic E-state index is 0.153. The van der Waals surface area contributed by atoms with Crippen LogP contribution < -0.4 is 15.6 Å². The van der Waals surface area contributed by atoms with Crippen molar-refractivity contribution in [2.75, 3.05) is 5.32 Å². The average molecular weight is 457 g/mol. The minimum atomic E-state index is -1.62. The van der Waals surface area contributed by atoms with E-state index in [1.807, 2.05) is 32.0 Å². The second-order valence-electron chi connectivity index (χ2n) is 7.81. The Morgan fingerprint density at radius 2 is 1.84 bits per heavy atom. The van der Waals surface area contributed by atoms with Crippen LogP contribution in [0.1, 0.15) is 42.5 Å². The van der Waals surface area contributed by atoms with Gasteiger partial charge in [-0.3, -0.25) is 29.5 Å². The number of fused-ring (bicyclic) bond motifs is 1. The molecule has 0 unspecified atom stereocenters. The van der Waals surface area contributed by atoms with Gasteiger partial charge in [0.05, 0.1) is 11.5 Å². The first kappa shape index (κ1) is 21.6. The van der Waals surface area contributed by atoms with Crippen molar-refractivity contribution < 1.29 is 14.5 Å². The lowest BCUT2D eigenvalue weighted by atomic mass is 9.83. The quantitative estimate of drug-likeness (QED) is 0.432. The van der Waals surface area contributed by atoms with Gasteiger partial charge in [-0.2, -0.15) is 0 Å². The van der Waals surface area contributed by atoms with Gasteiger partial charge in [0.25, 0.3) is 5.56 Å². The maximum atomic E-state index is 12.7. The highest BCUT2D eigenvalue weighted by Crippen LogP contribution is 2.38. The Morgan fingerprint density at radius 3 is 2.47 bits per heavy atom. The first-order valence-electron chi connectivity index (χ1n) is 10.0. The van der Waals surface area contributed by atoms with Gasteiger partial charge in [-0.25, -0.2) is 0 Å². The Bertz CT molecular complexity index is 1230. The van der Waals surface area contributed by atoms with E-state index < -0.39 is 28.3 Å². The van der Waals surface area contributed by atoms with Crippen molar-refractivity contribution >= 4 is 23.3 Å². The summed E-state index contributed by atoms with van der Waals surface area (Å²) in [6.07, 6.45) is 0. The molecule has 4 rings (SSSR count). The van der Waals surface area contributed by atoms with Gasteiger partial charge in [0.1, 0.15) is 18.2 Å². The molecule has 1 aromatic heterocycles. The summed E-state index contributed by atoms with van der Waals surface area (Å²) in [5.74, 6) is -1.01. The number of nitrogens with zero attached hydrogens (tertiary/aromatic N) is 2. The first-order chi connectivity index (χ1) is 15.3. The molecule has 1 amide bonds. The number of amides is 1. The summed E-state index contributed by atoms with van der Waals surface area (Å²) < 4.78 is 7.28. The van der Waals surface area contributed by atoms with Crippen LogP contribution >= 0.6 is 11.6 Å². The topological polar surface area (TPSA) is 119 Å². The van der Waals surface area contributed by atoms with E-state index >= 15 is 0 Å². The van der Waals surface area contributed by atoms with E-state index in [9.17, 15) is 19.7 Å². The van der Waals surface area contributed by atoms with Crippen molar-refractivity contribution in [3.63, 3.8) is 0 Å². The number of aromatic amines is 1. The highest BCUT2D eigenvalue weighted by atomic mass is 35.5. The summed E-state index contributed by atoms with van der Waals surface area (Å²) in [7, 11) is 0. The Balaban J connectivity index is 1.68. The molecule has 10 heteroatoms. The Labute approximate surface area is 188 Å². The second-order valence-corrected chi connectivity index (χ2v) is 8.22. The van der Waals surface area contributed by atoms with Crippen LogP contribution in [0.15, 0.2) is 53.3 Å². The van der Waals surface area contributed by atoms with E-state index in [-0.39, 0.29) is 24.0 Å². The number of aromatic nitrogens is 2. The Kier molecular flexibility index (Phi) is 5.75. The van der Waals surface area contributed by atoms with Gasteiger partial charge >= 0.3 is 11.9 Å². The number of anilines is 1. The van der Waals surface area contributed by atoms with Crippen LogP contribution in [0.5, 0.6) is 5.75 Å². The smallest absolute Gasteiger partial charge is 0.301 e. The number of carbonyl (C=O) groups is 1. The van der Waals surface area contributed by atoms with Crippen LogP contribution in [0.2, 0.25) is 5.02 Å². The predicted octanol–water partition coefficient (Wildman–Crippen LogP) is 3.72. The van der Waals surface area contributed by atoms with E-state index in [0.29, 0.717) is 16.3 Å². The van der Waals surface area contributed by atoms with Crippen molar-refractivity contribution in [1.29, 1.82) is 0 Å². The standard InChI is InChI=1S/C22H21ClN4O5/c1-12(2)26-20-18(21(28)25-26)17(19(27(30)31)22(29)24-20)13-7-9-15(10-8-13)32-11-14-5-3-4-6-16(14)23/h3-10,12,17,19H,11H2,1-2H3,(H,24,29)(H,25,28)/t17-,19-/m0/s1. The number of H-pyrrole nitrogens is 1. The molecule has 2 heterocycles. The third-order valence-corrected chi connectivity index (χ3v) is 5.80. The molecular formula is C22H21ClN4O5. The van der Waals surface area contributed by atoms with Crippen molar-refractivity contribution in [3.05, 3.63) is 90.7 Å². The number of nitrogens with one attached hydrogen (secondary N) is 2. The molecule has 32 heavy (non-hydrogen) atoms. The maximum Gasteiger partial charge on any atom is 0.301 e. The lowest BCUT2D eigenvalue weighted by Crippen LogP contribution is -2.45. The molecule has 0 aliphatic carbocycles. The van der Waals surface area contributed by atoms with E-state index in [1.54, 1.807) is 30.3 Å². The molecule has 2 atom stereocenters. The molecule has 0 spiro atoms.